The fourth-order valence-electron chi connectivity index (χ4n) is 2.09. The Balaban J connectivity index is 2.17. The number of halogens is 3. The fraction of sp³-hybridized carbons (Fsp3) is 0.417. The van der Waals surface area contributed by atoms with Crippen molar-refractivity contribution in [2.75, 3.05) is 11.9 Å². The summed E-state index contributed by atoms with van der Waals surface area (Å²) in [5, 5.41) is 6.27. The SMILES string of the molecule is CC1NCCC1C(=O)Nc1c(Br)cc(Br)cc1Br. The van der Waals surface area contributed by atoms with E-state index in [2.05, 4.69) is 58.4 Å². The van der Waals surface area contributed by atoms with Crippen molar-refractivity contribution in [3.63, 3.8) is 0 Å². The van der Waals surface area contributed by atoms with E-state index in [0.29, 0.717) is 0 Å². The first kappa shape index (κ1) is 14.5. The van der Waals surface area contributed by atoms with Gasteiger partial charge in [0.15, 0.2) is 0 Å². The Labute approximate surface area is 131 Å². The maximum atomic E-state index is 12.2. The molecule has 18 heavy (non-hydrogen) atoms. The van der Waals surface area contributed by atoms with Gasteiger partial charge in [-0.3, -0.25) is 4.79 Å². The first-order chi connectivity index (χ1) is 8.49. The lowest BCUT2D eigenvalue weighted by Crippen LogP contribution is -2.32. The summed E-state index contributed by atoms with van der Waals surface area (Å²) in [6, 6.07) is 4.06. The third-order valence-corrected chi connectivity index (χ3v) is 4.83. The van der Waals surface area contributed by atoms with Crippen molar-refractivity contribution in [2.45, 2.75) is 19.4 Å². The highest BCUT2D eigenvalue weighted by molar-refractivity contribution is 9.11. The Morgan fingerprint density at radius 1 is 1.33 bits per heavy atom. The van der Waals surface area contributed by atoms with Gasteiger partial charge in [-0.2, -0.15) is 0 Å². The molecule has 0 saturated carbocycles. The zero-order chi connectivity index (χ0) is 13.3. The van der Waals surface area contributed by atoms with Crippen LogP contribution in [0.2, 0.25) is 0 Å². The summed E-state index contributed by atoms with van der Waals surface area (Å²) in [6.07, 6.45) is 0.888. The Hall–Kier alpha value is 0.0900. The van der Waals surface area contributed by atoms with Crippen LogP contribution in [0.5, 0.6) is 0 Å². The number of hydrogen-bond acceptors (Lipinski definition) is 2. The van der Waals surface area contributed by atoms with Crippen molar-refractivity contribution >= 4 is 59.4 Å². The average Bonchev–Trinajstić information content (AvgIpc) is 2.69. The molecule has 2 N–H and O–H groups in total. The van der Waals surface area contributed by atoms with Crippen LogP contribution in [0.3, 0.4) is 0 Å². The minimum absolute atomic E-state index is 0.0347. The van der Waals surface area contributed by atoms with Crippen molar-refractivity contribution in [3.8, 4) is 0 Å². The molecular weight excluding hydrogens is 428 g/mol. The van der Waals surface area contributed by atoms with Gasteiger partial charge in [0.1, 0.15) is 0 Å². The van der Waals surface area contributed by atoms with E-state index in [0.717, 1.165) is 32.1 Å². The van der Waals surface area contributed by atoms with Crippen LogP contribution >= 0.6 is 47.8 Å². The number of anilines is 1. The number of carbonyl (C=O) groups excluding carboxylic acids is 1. The summed E-state index contributed by atoms with van der Waals surface area (Å²) in [7, 11) is 0. The molecule has 1 aromatic carbocycles. The summed E-state index contributed by atoms with van der Waals surface area (Å²) in [4.78, 5) is 12.2. The van der Waals surface area contributed by atoms with E-state index in [1.54, 1.807) is 0 Å². The number of nitrogens with one attached hydrogen (secondary N) is 2. The highest BCUT2D eigenvalue weighted by atomic mass is 79.9. The van der Waals surface area contributed by atoms with Gasteiger partial charge >= 0.3 is 0 Å². The van der Waals surface area contributed by atoms with Crippen molar-refractivity contribution < 1.29 is 4.79 Å². The lowest BCUT2D eigenvalue weighted by molar-refractivity contribution is -0.120. The minimum Gasteiger partial charge on any atom is -0.324 e. The van der Waals surface area contributed by atoms with Crippen LogP contribution in [0.25, 0.3) is 0 Å². The van der Waals surface area contributed by atoms with Gasteiger partial charge in [-0.15, -0.1) is 0 Å². The molecule has 0 bridgehead atoms. The lowest BCUT2D eigenvalue weighted by atomic mass is 10.0. The lowest BCUT2D eigenvalue weighted by Gasteiger charge is -2.16. The first-order valence-electron chi connectivity index (χ1n) is 5.68. The number of hydrogen-bond donors (Lipinski definition) is 2. The second-order valence-corrected chi connectivity index (χ2v) is 7.00. The van der Waals surface area contributed by atoms with Crippen molar-refractivity contribution in [3.05, 3.63) is 25.6 Å². The Kier molecular flexibility index (Phi) is 4.86. The van der Waals surface area contributed by atoms with E-state index >= 15 is 0 Å². The molecule has 1 aliphatic heterocycles. The smallest absolute Gasteiger partial charge is 0.229 e. The summed E-state index contributed by atoms with van der Waals surface area (Å²) in [6.45, 7) is 2.95. The van der Waals surface area contributed by atoms with Crippen molar-refractivity contribution in [2.24, 2.45) is 5.92 Å². The van der Waals surface area contributed by atoms with Crippen LogP contribution in [0.4, 0.5) is 5.69 Å². The second-order valence-electron chi connectivity index (χ2n) is 4.37. The molecule has 1 heterocycles. The van der Waals surface area contributed by atoms with Gasteiger partial charge < -0.3 is 10.6 Å². The van der Waals surface area contributed by atoms with Gasteiger partial charge in [-0.25, -0.2) is 0 Å². The molecular formula is C12H13Br3N2O. The number of carbonyl (C=O) groups is 1. The van der Waals surface area contributed by atoms with Crippen molar-refractivity contribution in [1.29, 1.82) is 0 Å². The normalized spacial score (nSPS) is 23.1. The largest absolute Gasteiger partial charge is 0.324 e. The van der Waals surface area contributed by atoms with E-state index in [-0.39, 0.29) is 17.9 Å². The number of benzene rings is 1. The summed E-state index contributed by atoms with van der Waals surface area (Å²) in [5.74, 6) is 0.101. The second kappa shape index (κ2) is 6.03. The number of amides is 1. The highest BCUT2D eigenvalue weighted by Gasteiger charge is 2.29. The van der Waals surface area contributed by atoms with Crippen molar-refractivity contribution in [1.82, 2.24) is 5.32 Å². The van der Waals surface area contributed by atoms with Crippen LogP contribution in [-0.4, -0.2) is 18.5 Å². The molecule has 6 heteroatoms. The highest BCUT2D eigenvalue weighted by Crippen LogP contribution is 2.35. The molecule has 0 aromatic heterocycles. The van der Waals surface area contributed by atoms with Gasteiger partial charge in [-0.1, -0.05) is 15.9 Å². The van der Waals surface area contributed by atoms with E-state index in [4.69, 9.17) is 0 Å². The Bertz CT molecular complexity index is 455. The van der Waals surface area contributed by atoms with E-state index in [1.165, 1.54) is 0 Å². The Morgan fingerprint density at radius 3 is 2.44 bits per heavy atom. The molecule has 0 spiro atoms. The van der Waals surface area contributed by atoms with Gasteiger partial charge in [0.05, 0.1) is 11.6 Å². The van der Waals surface area contributed by atoms with Gasteiger partial charge in [0.2, 0.25) is 5.91 Å². The molecule has 2 unspecified atom stereocenters. The summed E-state index contributed by atoms with van der Waals surface area (Å²) < 4.78 is 2.67. The van der Waals surface area contributed by atoms with Crippen LogP contribution < -0.4 is 10.6 Å². The molecule has 2 atom stereocenters. The molecule has 1 saturated heterocycles. The monoisotopic (exact) mass is 438 g/mol. The molecule has 0 radical (unpaired) electrons. The fourth-order valence-corrected chi connectivity index (χ4v) is 4.55. The van der Waals surface area contributed by atoms with E-state index in [1.807, 2.05) is 19.1 Å². The molecule has 1 aliphatic rings. The Morgan fingerprint density at radius 2 is 1.94 bits per heavy atom. The van der Waals surface area contributed by atoms with Gasteiger partial charge in [0, 0.05) is 19.5 Å². The zero-order valence-corrected chi connectivity index (χ0v) is 14.5. The maximum absolute atomic E-state index is 12.2. The molecule has 3 nitrogen and oxygen atoms in total. The standard InChI is InChI=1S/C12H13Br3N2O/c1-6-8(2-3-16-6)12(18)17-11-9(14)4-7(13)5-10(11)15/h4-6,8,16H,2-3H2,1H3,(H,17,18). The zero-order valence-electron chi connectivity index (χ0n) is 9.77. The van der Waals surface area contributed by atoms with E-state index < -0.39 is 0 Å². The summed E-state index contributed by atoms with van der Waals surface area (Å²) in [5.41, 5.74) is 0.780. The van der Waals surface area contributed by atoms with Gasteiger partial charge in [-0.05, 0) is 63.9 Å². The molecule has 1 aromatic rings. The van der Waals surface area contributed by atoms with Crippen LogP contribution in [0.1, 0.15) is 13.3 Å². The van der Waals surface area contributed by atoms with Crippen LogP contribution in [0, 0.1) is 5.92 Å². The topological polar surface area (TPSA) is 41.1 Å². The molecule has 1 amide bonds. The quantitative estimate of drug-likeness (QED) is 0.732. The minimum atomic E-state index is 0.0347. The molecule has 0 aliphatic carbocycles. The predicted molar refractivity (Wildman–Crippen MR) is 83.7 cm³/mol. The third-order valence-electron chi connectivity index (χ3n) is 3.12. The third kappa shape index (κ3) is 3.15. The van der Waals surface area contributed by atoms with Crippen LogP contribution in [0.15, 0.2) is 25.6 Å². The molecule has 98 valence electrons. The van der Waals surface area contributed by atoms with Crippen LogP contribution in [-0.2, 0) is 4.79 Å². The first-order valence-corrected chi connectivity index (χ1v) is 8.05. The number of rotatable bonds is 2. The molecule has 2 rings (SSSR count). The van der Waals surface area contributed by atoms with E-state index in [9.17, 15) is 4.79 Å². The maximum Gasteiger partial charge on any atom is 0.229 e. The average molecular weight is 441 g/mol. The van der Waals surface area contributed by atoms with Gasteiger partial charge in [0.25, 0.3) is 0 Å². The summed E-state index contributed by atoms with van der Waals surface area (Å²) >= 11 is 10.3. The predicted octanol–water partition coefficient (Wildman–Crippen LogP) is 3.91. The molecule has 1 fully saturated rings.